The first-order valence-corrected chi connectivity index (χ1v) is 18.9. The lowest BCUT2D eigenvalue weighted by Gasteiger charge is -2.27. The largest absolute Gasteiger partial charge is 0.310 e. The van der Waals surface area contributed by atoms with E-state index in [1.54, 1.807) is 0 Å². The Morgan fingerprint density at radius 1 is 0.294 bits per heavy atom. The van der Waals surface area contributed by atoms with Crippen LogP contribution in [0.2, 0.25) is 0 Å². The molecule has 2 aromatic heterocycles. The molecule has 0 aliphatic rings. The van der Waals surface area contributed by atoms with Gasteiger partial charge in [-0.05, 0) is 76.3 Å². The molecule has 2 heterocycles. The van der Waals surface area contributed by atoms with Crippen LogP contribution in [0.4, 0.5) is 17.1 Å². The van der Waals surface area contributed by atoms with Crippen molar-refractivity contribution < 1.29 is 0 Å². The van der Waals surface area contributed by atoms with Crippen molar-refractivity contribution in [1.82, 2.24) is 0 Å². The summed E-state index contributed by atoms with van der Waals surface area (Å²) < 4.78 is 5.25. The molecule has 0 amide bonds. The molecule has 0 aliphatic heterocycles. The van der Waals surface area contributed by atoms with Crippen molar-refractivity contribution in [3.05, 3.63) is 188 Å². The van der Waals surface area contributed by atoms with Gasteiger partial charge >= 0.3 is 0 Å². The average Bonchev–Trinajstić information content (AvgIpc) is 3.77. The maximum atomic E-state index is 2.41. The number of anilines is 3. The predicted molar refractivity (Wildman–Crippen MR) is 223 cm³/mol. The third-order valence-electron chi connectivity index (χ3n) is 9.89. The first-order valence-electron chi connectivity index (χ1n) is 17.3. The molecular weight excluding hydrogens is 655 g/mol. The summed E-state index contributed by atoms with van der Waals surface area (Å²) in [6, 6.07) is 68.6. The average molecular weight is 686 g/mol. The topological polar surface area (TPSA) is 3.24 Å². The van der Waals surface area contributed by atoms with E-state index < -0.39 is 0 Å². The molecule has 8 aromatic carbocycles. The van der Waals surface area contributed by atoms with Crippen LogP contribution in [0.1, 0.15) is 0 Å². The summed E-state index contributed by atoms with van der Waals surface area (Å²) in [7, 11) is 0. The van der Waals surface area contributed by atoms with Crippen LogP contribution in [0.3, 0.4) is 0 Å². The van der Waals surface area contributed by atoms with Crippen molar-refractivity contribution >= 4 is 80.1 Å². The van der Waals surface area contributed by atoms with Gasteiger partial charge in [-0.2, -0.15) is 0 Å². The van der Waals surface area contributed by atoms with E-state index in [1.165, 1.54) is 73.7 Å². The van der Waals surface area contributed by atoms with Gasteiger partial charge in [-0.1, -0.05) is 140 Å². The van der Waals surface area contributed by atoms with Gasteiger partial charge in [0, 0.05) is 63.0 Å². The van der Waals surface area contributed by atoms with Gasteiger partial charge in [0.25, 0.3) is 0 Å². The lowest BCUT2D eigenvalue weighted by Crippen LogP contribution is -2.10. The molecule has 10 aromatic rings. The second kappa shape index (κ2) is 12.4. The Bertz CT molecular complexity index is 2850. The first kappa shape index (κ1) is 29.9. The SMILES string of the molecule is c1ccc(-c2ccc(N(c3ccc(-c4cccc5c4sc4ccccc45)c(-c4ccccc4)c3)c3ccc4c(c3)sc3ccccc34)cc2)cc1. The monoisotopic (exact) mass is 685 g/mol. The zero-order valence-corrected chi connectivity index (χ0v) is 29.3. The Morgan fingerprint density at radius 3 is 1.61 bits per heavy atom. The minimum absolute atomic E-state index is 1.12. The van der Waals surface area contributed by atoms with Gasteiger partial charge in [0.1, 0.15) is 0 Å². The lowest BCUT2D eigenvalue weighted by molar-refractivity contribution is 1.29. The fourth-order valence-electron chi connectivity index (χ4n) is 7.46. The molecule has 0 radical (unpaired) electrons. The number of hydrogen-bond donors (Lipinski definition) is 0. The Labute approximate surface area is 304 Å². The fourth-order valence-corrected chi connectivity index (χ4v) is 9.83. The third-order valence-corrected chi connectivity index (χ3v) is 12.2. The Hall–Kier alpha value is -6.00. The van der Waals surface area contributed by atoms with E-state index in [4.69, 9.17) is 0 Å². The molecule has 10 rings (SSSR count). The molecule has 0 fully saturated rings. The van der Waals surface area contributed by atoms with Crippen molar-refractivity contribution in [3.63, 3.8) is 0 Å². The normalized spacial score (nSPS) is 11.5. The van der Waals surface area contributed by atoms with Crippen molar-refractivity contribution in [2.75, 3.05) is 4.90 Å². The van der Waals surface area contributed by atoms with Gasteiger partial charge in [-0.25, -0.2) is 0 Å². The molecule has 51 heavy (non-hydrogen) atoms. The van der Waals surface area contributed by atoms with Crippen molar-refractivity contribution in [2.45, 2.75) is 0 Å². The van der Waals surface area contributed by atoms with Crippen LogP contribution < -0.4 is 4.90 Å². The molecule has 0 saturated heterocycles. The number of thiophene rings is 2. The van der Waals surface area contributed by atoms with Crippen LogP contribution in [-0.4, -0.2) is 0 Å². The summed E-state index contributed by atoms with van der Waals surface area (Å²) in [5.74, 6) is 0. The summed E-state index contributed by atoms with van der Waals surface area (Å²) in [4.78, 5) is 2.41. The number of nitrogens with zero attached hydrogens (tertiary/aromatic N) is 1. The summed E-state index contributed by atoms with van der Waals surface area (Å²) in [6.07, 6.45) is 0. The molecule has 0 aliphatic carbocycles. The zero-order valence-electron chi connectivity index (χ0n) is 27.7. The minimum Gasteiger partial charge on any atom is -0.310 e. The Morgan fingerprint density at radius 2 is 0.843 bits per heavy atom. The highest BCUT2D eigenvalue weighted by Crippen LogP contribution is 2.46. The van der Waals surface area contributed by atoms with Crippen LogP contribution in [0.15, 0.2) is 188 Å². The van der Waals surface area contributed by atoms with Crippen LogP contribution >= 0.6 is 22.7 Å². The smallest absolute Gasteiger partial charge is 0.0476 e. The molecule has 3 heteroatoms. The highest BCUT2D eigenvalue weighted by molar-refractivity contribution is 7.26. The Kier molecular flexibility index (Phi) is 7.26. The molecule has 0 bridgehead atoms. The molecule has 0 spiro atoms. The van der Waals surface area contributed by atoms with Gasteiger partial charge in [0.05, 0.1) is 0 Å². The third kappa shape index (κ3) is 5.21. The van der Waals surface area contributed by atoms with E-state index in [0.717, 1.165) is 17.1 Å². The van der Waals surface area contributed by atoms with E-state index in [1.807, 2.05) is 22.7 Å². The van der Waals surface area contributed by atoms with Gasteiger partial charge < -0.3 is 4.90 Å². The van der Waals surface area contributed by atoms with E-state index >= 15 is 0 Å². The summed E-state index contributed by atoms with van der Waals surface area (Å²) in [6.45, 7) is 0. The maximum absolute atomic E-state index is 2.41. The highest BCUT2D eigenvalue weighted by atomic mass is 32.1. The van der Waals surface area contributed by atoms with Gasteiger partial charge in [-0.3, -0.25) is 0 Å². The standard InChI is InChI=1S/C48H31NS2/c1-3-12-32(13-4-1)33-22-24-35(25-23-33)49(37-27-29-41-39-16-7-9-20-45(39)50-47(41)31-37)36-26-28-38(44(30-36)34-14-5-2-6-15-34)42-18-11-19-43-40-17-8-10-21-46(40)51-48(42)43/h1-31H. The van der Waals surface area contributed by atoms with Gasteiger partial charge in [-0.15, -0.1) is 22.7 Å². The summed E-state index contributed by atoms with van der Waals surface area (Å²) >= 11 is 3.74. The van der Waals surface area contributed by atoms with Gasteiger partial charge in [0.2, 0.25) is 0 Å². The summed E-state index contributed by atoms with van der Waals surface area (Å²) in [5.41, 5.74) is 10.7. The molecular formula is C48H31NS2. The van der Waals surface area contributed by atoms with Crippen molar-refractivity contribution in [3.8, 4) is 33.4 Å². The lowest BCUT2D eigenvalue weighted by atomic mass is 9.92. The van der Waals surface area contributed by atoms with Crippen molar-refractivity contribution in [1.29, 1.82) is 0 Å². The molecule has 0 N–H and O–H groups in total. The van der Waals surface area contributed by atoms with E-state index in [-0.39, 0.29) is 0 Å². The number of rotatable bonds is 6. The fraction of sp³-hybridized carbons (Fsp3) is 0. The summed E-state index contributed by atoms with van der Waals surface area (Å²) in [5, 5.41) is 5.25. The van der Waals surface area contributed by atoms with Crippen LogP contribution in [-0.2, 0) is 0 Å². The van der Waals surface area contributed by atoms with E-state index in [9.17, 15) is 0 Å². The maximum Gasteiger partial charge on any atom is 0.0476 e. The second-order valence-electron chi connectivity index (χ2n) is 12.9. The molecule has 0 saturated carbocycles. The van der Waals surface area contributed by atoms with Gasteiger partial charge in [0.15, 0.2) is 0 Å². The molecule has 0 atom stereocenters. The predicted octanol–water partition coefficient (Wildman–Crippen LogP) is 14.9. The number of benzene rings is 8. The van der Waals surface area contributed by atoms with Crippen LogP contribution in [0.5, 0.6) is 0 Å². The second-order valence-corrected chi connectivity index (χ2v) is 15.0. The first-order chi connectivity index (χ1) is 25.3. The zero-order chi connectivity index (χ0) is 33.7. The van der Waals surface area contributed by atoms with Crippen LogP contribution in [0.25, 0.3) is 73.7 Å². The van der Waals surface area contributed by atoms with Crippen molar-refractivity contribution in [2.24, 2.45) is 0 Å². The number of hydrogen-bond acceptors (Lipinski definition) is 3. The molecule has 240 valence electrons. The van der Waals surface area contributed by atoms with Crippen LogP contribution in [0, 0.1) is 0 Å². The van der Waals surface area contributed by atoms with E-state index in [0.29, 0.717) is 0 Å². The highest BCUT2D eigenvalue weighted by Gasteiger charge is 2.19. The molecule has 0 unspecified atom stereocenters. The van der Waals surface area contributed by atoms with E-state index in [2.05, 4.69) is 193 Å². The quantitative estimate of drug-likeness (QED) is 0.168. The molecule has 1 nitrogen and oxygen atoms in total. The Balaban J connectivity index is 1.18. The minimum atomic E-state index is 1.12. The number of fused-ring (bicyclic) bond motifs is 6.